The van der Waals surface area contributed by atoms with Crippen LogP contribution >= 0.6 is 34.4 Å². The molecule has 0 atom stereocenters. The van der Waals surface area contributed by atoms with Crippen LogP contribution < -0.4 is 9.50 Å². The van der Waals surface area contributed by atoms with E-state index in [2.05, 4.69) is 27.9 Å². The summed E-state index contributed by atoms with van der Waals surface area (Å²) in [6, 6.07) is 16.1. The number of hydrogen-bond acceptors (Lipinski definition) is 9. The Balaban J connectivity index is 1.42. The number of amides is 3. The number of nitrogens with zero attached hydrogens (tertiary/aromatic N) is 2. The highest BCUT2D eigenvalue weighted by atomic mass is 127. The predicted molar refractivity (Wildman–Crippen MR) is 153 cm³/mol. The van der Waals surface area contributed by atoms with Gasteiger partial charge in [0.1, 0.15) is 17.2 Å². The minimum atomic E-state index is -4.35. The first-order chi connectivity index (χ1) is 18.4. The fraction of sp³-hybridized carbons (Fsp3) is 0.0800. The molecule has 1 aliphatic rings. The van der Waals surface area contributed by atoms with Crippen LogP contribution in [0.5, 0.6) is 5.75 Å². The molecule has 39 heavy (non-hydrogen) atoms. The molecular formula is C25H18IN3O8S2. The Kier molecular flexibility index (Phi) is 8.36. The maximum atomic E-state index is 12.7. The monoisotopic (exact) mass is 679 g/mol. The van der Waals surface area contributed by atoms with Crippen LogP contribution in [0.25, 0.3) is 6.08 Å². The number of halogens is 1. The lowest BCUT2D eigenvalue weighted by Crippen LogP contribution is -2.36. The molecule has 1 fully saturated rings. The molecule has 0 aliphatic carbocycles. The van der Waals surface area contributed by atoms with Gasteiger partial charge >= 0.3 is 10.1 Å². The molecule has 1 N–H and O–H groups in total. The number of nitro groups is 1. The smallest absolute Gasteiger partial charge is 0.339 e. The van der Waals surface area contributed by atoms with Crippen LogP contribution in [0.2, 0.25) is 0 Å². The summed E-state index contributed by atoms with van der Waals surface area (Å²) in [5.74, 6) is -1.22. The molecule has 0 bridgehead atoms. The van der Waals surface area contributed by atoms with Crippen molar-refractivity contribution in [3.63, 3.8) is 0 Å². The van der Waals surface area contributed by atoms with E-state index >= 15 is 0 Å². The van der Waals surface area contributed by atoms with Crippen molar-refractivity contribution in [2.45, 2.75) is 11.8 Å². The molecule has 14 heteroatoms. The molecule has 0 aromatic heterocycles. The molecule has 11 nitrogen and oxygen atoms in total. The maximum absolute atomic E-state index is 12.7. The van der Waals surface area contributed by atoms with Crippen molar-refractivity contribution in [1.29, 1.82) is 0 Å². The lowest BCUT2D eigenvalue weighted by Gasteiger charge is -2.12. The Morgan fingerprint density at radius 3 is 2.41 bits per heavy atom. The minimum Gasteiger partial charge on any atom is -0.379 e. The van der Waals surface area contributed by atoms with Crippen LogP contribution in [0.15, 0.2) is 76.5 Å². The molecule has 4 rings (SSSR count). The van der Waals surface area contributed by atoms with Crippen molar-refractivity contribution in [1.82, 2.24) is 4.90 Å². The van der Waals surface area contributed by atoms with Gasteiger partial charge < -0.3 is 9.50 Å². The maximum Gasteiger partial charge on any atom is 0.339 e. The van der Waals surface area contributed by atoms with Gasteiger partial charge in [-0.1, -0.05) is 18.2 Å². The van der Waals surface area contributed by atoms with Crippen molar-refractivity contribution in [2.75, 3.05) is 11.9 Å². The van der Waals surface area contributed by atoms with Crippen LogP contribution in [0.4, 0.5) is 16.2 Å². The van der Waals surface area contributed by atoms with Crippen molar-refractivity contribution in [2.24, 2.45) is 0 Å². The van der Waals surface area contributed by atoms with Gasteiger partial charge in [0.15, 0.2) is 0 Å². The standard InChI is InChI=1S/C25H18IN3O8S2/c1-15-2-11-20(13-21(15)29(33)34)39(35,36)37-19-9-3-16(4-10-19)12-22-24(31)28(25(32)38-22)14-23(30)27-18-7-5-17(26)6-8-18/h2-13H,14H2,1H3,(H,27,30)/b22-12-. The van der Waals surface area contributed by atoms with Crippen molar-refractivity contribution < 1.29 is 31.9 Å². The van der Waals surface area contributed by atoms with E-state index in [1.807, 2.05) is 0 Å². The first kappa shape index (κ1) is 28.3. The average molecular weight is 679 g/mol. The van der Waals surface area contributed by atoms with Gasteiger partial charge in [-0.2, -0.15) is 8.42 Å². The molecular weight excluding hydrogens is 661 g/mol. The van der Waals surface area contributed by atoms with E-state index in [0.29, 0.717) is 28.6 Å². The summed E-state index contributed by atoms with van der Waals surface area (Å²) in [7, 11) is -4.35. The van der Waals surface area contributed by atoms with Crippen LogP contribution in [0.3, 0.4) is 0 Å². The first-order valence-electron chi connectivity index (χ1n) is 11.0. The van der Waals surface area contributed by atoms with Crippen LogP contribution in [0.1, 0.15) is 11.1 Å². The average Bonchev–Trinajstić information content (AvgIpc) is 3.13. The fourth-order valence-electron chi connectivity index (χ4n) is 3.40. The quantitative estimate of drug-likeness (QED) is 0.115. The Bertz CT molecular complexity index is 1620. The number of carbonyl (C=O) groups excluding carboxylic acids is 3. The zero-order valence-corrected chi connectivity index (χ0v) is 23.8. The van der Waals surface area contributed by atoms with Crippen molar-refractivity contribution in [3.8, 4) is 5.75 Å². The highest BCUT2D eigenvalue weighted by Crippen LogP contribution is 2.32. The third-order valence-corrected chi connectivity index (χ3v) is 8.22. The predicted octanol–water partition coefficient (Wildman–Crippen LogP) is 4.95. The number of aryl methyl sites for hydroxylation is 1. The Labute approximate surface area is 240 Å². The van der Waals surface area contributed by atoms with E-state index < -0.39 is 38.6 Å². The minimum absolute atomic E-state index is 0.0595. The van der Waals surface area contributed by atoms with E-state index in [1.165, 1.54) is 49.4 Å². The molecule has 0 spiro atoms. The zero-order chi connectivity index (χ0) is 28.3. The summed E-state index contributed by atoms with van der Waals surface area (Å²) in [5.41, 5.74) is 0.961. The second-order valence-electron chi connectivity index (χ2n) is 8.13. The summed E-state index contributed by atoms with van der Waals surface area (Å²) >= 11 is 2.81. The summed E-state index contributed by atoms with van der Waals surface area (Å²) < 4.78 is 31.3. The summed E-state index contributed by atoms with van der Waals surface area (Å²) in [6.07, 6.45) is 1.43. The molecule has 3 aromatic carbocycles. The number of carbonyl (C=O) groups is 3. The van der Waals surface area contributed by atoms with Gasteiger partial charge in [0.2, 0.25) is 5.91 Å². The lowest BCUT2D eigenvalue weighted by molar-refractivity contribution is -0.385. The Hall–Kier alpha value is -3.76. The molecule has 1 heterocycles. The van der Waals surface area contributed by atoms with E-state index in [-0.39, 0.29) is 21.2 Å². The second-order valence-corrected chi connectivity index (χ2v) is 11.9. The highest BCUT2D eigenvalue weighted by molar-refractivity contribution is 14.1. The van der Waals surface area contributed by atoms with Gasteiger partial charge in [0.05, 0.1) is 9.83 Å². The number of imide groups is 1. The number of anilines is 1. The highest BCUT2D eigenvalue weighted by Gasteiger charge is 2.36. The van der Waals surface area contributed by atoms with Crippen molar-refractivity contribution in [3.05, 3.63) is 96.4 Å². The second kappa shape index (κ2) is 11.5. The number of nitrogens with one attached hydrogen (secondary N) is 1. The molecule has 1 saturated heterocycles. The van der Waals surface area contributed by atoms with E-state index in [4.69, 9.17) is 4.18 Å². The lowest BCUT2D eigenvalue weighted by atomic mass is 10.2. The topological polar surface area (TPSA) is 153 Å². The Morgan fingerprint density at radius 1 is 1.10 bits per heavy atom. The normalized spacial score (nSPS) is 14.5. The summed E-state index contributed by atoms with van der Waals surface area (Å²) in [5, 5.41) is 13.2. The Morgan fingerprint density at radius 2 is 1.77 bits per heavy atom. The summed E-state index contributed by atoms with van der Waals surface area (Å²) in [6.45, 7) is 1.04. The number of rotatable bonds is 8. The molecule has 1 aliphatic heterocycles. The molecule has 0 radical (unpaired) electrons. The van der Waals surface area contributed by atoms with Crippen LogP contribution in [-0.2, 0) is 19.7 Å². The van der Waals surface area contributed by atoms with Gasteiger partial charge in [-0.05, 0) is 95.4 Å². The third kappa shape index (κ3) is 6.82. The number of benzene rings is 3. The molecule has 0 unspecified atom stereocenters. The zero-order valence-electron chi connectivity index (χ0n) is 20.0. The van der Waals surface area contributed by atoms with Crippen LogP contribution in [0, 0.1) is 20.6 Å². The molecule has 0 saturated carbocycles. The number of thioether (sulfide) groups is 1. The van der Waals surface area contributed by atoms with Gasteiger partial charge in [-0.3, -0.25) is 29.4 Å². The van der Waals surface area contributed by atoms with E-state index in [9.17, 15) is 32.9 Å². The van der Waals surface area contributed by atoms with Gasteiger partial charge in [0.25, 0.3) is 16.8 Å². The van der Waals surface area contributed by atoms with E-state index in [1.54, 1.807) is 24.3 Å². The molecule has 3 aromatic rings. The summed E-state index contributed by atoms with van der Waals surface area (Å²) in [4.78, 5) is 48.5. The van der Waals surface area contributed by atoms with Crippen LogP contribution in [-0.4, -0.2) is 41.8 Å². The largest absolute Gasteiger partial charge is 0.379 e. The van der Waals surface area contributed by atoms with E-state index in [0.717, 1.165) is 14.5 Å². The van der Waals surface area contributed by atoms with Crippen molar-refractivity contribution >= 4 is 79.0 Å². The molecule has 3 amide bonds. The fourth-order valence-corrected chi connectivity index (χ4v) is 5.55. The molecule has 200 valence electrons. The van der Waals surface area contributed by atoms with Gasteiger partial charge in [-0.15, -0.1) is 0 Å². The SMILES string of the molecule is Cc1ccc(S(=O)(=O)Oc2ccc(/C=C3\SC(=O)N(CC(=O)Nc4ccc(I)cc4)C3=O)cc2)cc1[N+](=O)[O-]. The van der Waals surface area contributed by atoms with Gasteiger partial charge in [0, 0.05) is 20.9 Å². The third-order valence-electron chi connectivity index (χ3n) is 5.35. The van der Waals surface area contributed by atoms with Gasteiger partial charge in [-0.25, -0.2) is 0 Å². The first-order valence-corrected chi connectivity index (χ1v) is 14.3. The number of nitro benzene ring substituents is 1. The number of hydrogen-bond donors (Lipinski definition) is 1.